The highest BCUT2D eigenvalue weighted by molar-refractivity contribution is 5.91. The summed E-state index contributed by atoms with van der Waals surface area (Å²) in [6, 6.07) is -5.50. The van der Waals surface area contributed by atoms with Gasteiger partial charge in [-0.3, -0.25) is 4.98 Å². The largest absolute Gasteiger partial charge is 0.497 e. The minimum atomic E-state index is -3.94. The summed E-state index contributed by atoms with van der Waals surface area (Å²) in [5, 5.41) is 1.31. The van der Waals surface area contributed by atoms with Crippen molar-refractivity contribution < 1.29 is 28.0 Å². The van der Waals surface area contributed by atoms with Crippen LogP contribution in [0.5, 0.6) is 5.75 Å². The molecule has 4 nitrogen and oxygen atoms in total. The van der Waals surface area contributed by atoms with Gasteiger partial charge in [0.25, 0.3) is 0 Å². The van der Waals surface area contributed by atoms with Crippen molar-refractivity contribution in [3.05, 3.63) is 30.4 Å². The number of nitrogens with two attached hydrogens (primary N) is 1. The van der Waals surface area contributed by atoms with Crippen molar-refractivity contribution in [1.82, 2.24) is 4.98 Å². The monoisotopic (exact) mass is 276 g/mol. The normalized spacial score (nSPS) is 30.7. The lowest BCUT2D eigenvalue weighted by Crippen LogP contribution is -2.17. The Balaban J connectivity index is 2.99. The van der Waals surface area contributed by atoms with Crippen molar-refractivity contribution in [2.75, 3.05) is 18.9 Å². The van der Waals surface area contributed by atoms with E-state index >= 15 is 0 Å². The maximum absolute atomic E-state index is 8.51. The van der Waals surface area contributed by atoms with Crippen LogP contribution in [0.25, 0.3) is 10.9 Å². The Hall–Kier alpha value is -1.81. The van der Waals surface area contributed by atoms with Crippen LogP contribution in [-0.4, -0.2) is 24.5 Å². The van der Waals surface area contributed by atoms with E-state index in [9.17, 15) is 0 Å². The van der Waals surface area contributed by atoms with Crippen LogP contribution in [0.4, 0.5) is 5.69 Å². The van der Waals surface area contributed by atoms with Crippen LogP contribution in [0, 0.1) is 0 Å². The van der Waals surface area contributed by atoms with Gasteiger partial charge in [-0.1, -0.05) is 6.04 Å². The molecule has 2 rings (SSSR count). The molecule has 2 aromatic rings. The minimum absolute atomic E-state index is 0.606. The van der Waals surface area contributed by atoms with E-state index in [1.165, 1.54) is 0 Å². The molecule has 102 valence electrons. The van der Waals surface area contributed by atoms with Gasteiger partial charge in [0.15, 0.2) is 0 Å². The quantitative estimate of drug-likeness (QED) is 0.851. The number of aromatic nitrogens is 1. The number of methoxy groups -OCH3 is 1. The van der Waals surface area contributed by atoms with Crippen LogP contribution in [-0.2, 0) is 0 Å². The molecule has 1 atom stereocenters. The number of hydrogen-bond donors (Lipinski definition) is 2. The lowest BCUT2D eigenvalue weighted by Gasteiger charge is -2.17. The highest BCUT2D eigenvalue weighted by atomic mass is 16.5. The van der Waals surface area contributed by atoms with E-state index in [-0.39, 0.29) is 0 Å². The van der Waals surface area contributed by atoms with Crippen molar-refractivity contribution in [2.24, 2.45) is 5.73 Å². The van der Waals surface area contributed by atoms with E-state index in [2.05, 4.69) is 4.98 Å². The van der Waals surface area contributed by atoms with E-state index in [4.69, 9.17) is 33.8 Å². The zero-order chi connectivity index (χ0) is 28.4. The number of rotatable bonds is 6. The molecule has 1 unspecified atom stereocenters. The second-order valence-corrected chi connectivity index (χ2v) is 3.24. The van der Waals surface area contributed by atoms with E-state index < -0.39 is 85.8 Å². The minimum Gasteiger partial charge on any atom is -0.497 e. The van der Waals surface area contributed by atoms with Crippen molar-refractivity contribution in [3.8, 4) is 5.75 Å². The molecule has 3 N–H and O–H groups in total. The van der Waals surface area contributed by atoms with Crippen LogP contribution in [0.1, 0.15) is 42.9 Å². The molecule has 0 amide bonds. The molecule has 0 saturated carbocycles. The van der Waals surface area contributed by atoms with Gasteiger partial charge in [-0.2, -0.15) is 0 Å². The third kappa shape index (κ3) is 3.35. The first kappa shape index (κ1) is 3.64. The molecule has 0 radical (unpaired) electrons. The Morgan fingerprint density at radius 2 is 2.68 bits per heavy atom. The first-order chi connectivity index (χ1) is 15.8. The Morgan fingerprint density at radius 3 is 3.47 bits per heavy atom. The molecular formula is C15H21N3O. The average Bonchev–Trinajstić information content (AvgIpc) is 2.66. The molecule has 1 heterocycles. The van der Waals surface area contributed by atoms with Gasteiger partial charge in [0, 0.05) is 36.0 Å². The molecule has 0 spiro atoms. The van der Waals surface area contributed by atoms with E-state index in [1.54, 1.807) is 0 Å². The summed E-state index contributed by atoms with van der Waals surface area (Å²) in [6.07, 6.45) is -8.58. The van der Waals surface area contributed by atoms with Gasteiger partial charge in [0.2, 0.25) is 0 Å². The molecule has 0 saturated heterocycles. The standard InChI is InChI=1S/C15H21N3O/c1-11(5-3-7-16)18-14-10-13(19-2)9-12-6-4-8-17-15(12)14/h4,6,8-11,18H,3,5,7,16H2,1-2H3/i1D3,2D3,3D2,4D,5D2,6D,7D2,8D,9D,11D. The number of benzene rings is 1. The van der Waals surface area contributed by atoms with Gasteiger partial charge >= 0.3 is 0 Å². The fourth-order valence-corrected chi connectivity index (χ4v) is 1.35. The summed E-state index contributed by atoms with van der Waals surface area (Å²) in [5.74, 6) is -0.817. The summed E-state index contributed by atoms with van der Waals surface area (Å²) in [7, 11) is -3.17. The SMILES string of the molecule is [2H]c1nc2c(NC([2H])(C([2H])([2H])[2H])C([2H])([2H])C([2H])([2H])C([2H])([2H])N)cc(OC([2H])([2H])[2H])c([2H])c2c([2H])c1[2H]. The summed E-state index contributed by atoms with van der Waals surface area (Å²) in [5.41, 5.74) is 3.75. The number of pyridine rings is 1. The smallest absolute Gasteiger partial charge is 0.121 e. The number of nitrogens with one attached hydrogen (secondary N) is 1. The molecule has 1 aromatic heterocycles. The second-order valence-electron chi connectivity index (χ2n) is 3.24. The van der Waals surface area contributed by atoms with E-state index in [1.807, 2.05) is 5.32 Å². The van der Waals surface area contributed by atoms with Crippen LogP contribution >= 0.6 is 0 Å². The van der Waals surface area contributed by atoms with E-state index in [0.29, 0.717) is 6.07 Å². The fourth-order valence-electron chi connectivity index (χ4n) is 1.35. The Labute approximate surface area is 137 Å². The second kappa shape index (κ2) is 6.38. The molecule has 0 fully saturated rings. The molecule has 4 heteroatoms. The first-order valence-electron chi connectivity index (χ1n) is 13.5. The molecular weight excluding hydrogens is 238 g/mol. The van der Waals surface area contributed by atoms with Crippen LogP contribution in [0.3, 0.4) is 0 Å². The predicted molar refractivity (Wildman–Crippen MR) is 79.7 cm³/mol. The van der Waals surface area contributed by atoms with Gasteiger partial charge in [-0.25, -0.2) is 0 Å². The van der Waals surface area contributed by atoms with Gasteiger partial charge in [0.05, 0.1) is 29.2 Å². The van der Waals surface area contributed by atoms with Crippen LogP contribution in [0.2, 0.25) is 0 Å². The number of ether oxygens (including phenoxy) is 1. The molecule has 1 aromatic carbocycles. The van der Waals surface area contributed by atoms with Gasteiger partial charge in [0.1, 0.15) is 5.75 Å². The molecule has 0 aliphatic rings. The van der Waals surface area contributed by atoms with E-state index in [0.717, 1.165) is 0 Å². The zero-order valence-electron chi connectivity index (χ0n) is 26.5. The van der Waals surface area contributed by atoms with Gasteiger partial charge in [-0.05, 0) is 38.2 Å². The number of hydrogen-bond acceptors (Lipinski definition) is 4. The zero-order valence-corrected chi connectivity index (χ0v) is 9.51. The van der Waals surface area contributed by atoms with Gasteiger partial charge in [-0.15, -0.1) is 0 Å². The van der Waals surface area contributed by atoms with Crippen LogP contribution in [0.15, 0.2) is 30.4 Å². The molecule has 0 aliphatic carbocycles. The van der Waals surface area contributed by atoms with Crippen molar-refractivity contribution in [3.63, 3.8) is 0 Å². The topological polar surface area (TPSA) is 60.2 Å². The highest BCUT2D eigenvalue weighted by Crippen LogP contribution is 2.28. The van der Waals surface area contributed by atoms with Crippen molar-refractivity contribution >= 4 is 16.6 Å². The molecule has 19 heavy (non-hydrogen) atoms. The number of nitrogens with zero attached hydrogens (tertiary/aromatic N) is 1. The lowest BCUT2D eigenvalue weighted by molar-refractivity contribution is 0.415. The lowest BCUT2D eigenvalue weighted by atomic mass is 10.1. The third-order valence-electron chi connectivity index (χ3n) is 2.06. The molecule has 0 aliphatic heterocycles. The Kier molecular flexibility index (Phi) is 1.22. The van der Waals surface area contributed by atoms with Gasteiger partial charge < -0.3 is 15.8 Å². The Bertz CT molecular complexity index is 1170. The summed E-state index contributed by atoms with van der Waals surface area (Å²) in [6.45, 7) is -7.24. The molecule has 0 bridgehead atoms. The van der Waals surface area contributed by atoms with Crippen molar-refractivity contribution in [2.45, 2.75) is 25.6 Å². The Morgan fingerprint density at radius 1 is 1.74 bits per heavy atom. The maximum atomic E-state index is 8.51. The summed E-state index contributed by atoms with van der Waals surface area (Å²) < 4.78 is 137. The van der Waals surface area contributed by atoms with Crippen molar-refractivity contribution in [1.29, 1.82) is 0 Å². The highest BCUT2D eigenvalue weighted by Gasteiger charge is 2.08. The summed E-state index contributed by atoms with van der Waals surface area (Å²) in [4.78, 5) is 3.69. The average molecular weight is 276 g/mol. The van der Waals surface area contributed by atoms with Crippen LogP contribution < -0.4 is 15.8 Å². The number of fused-ring (bicyclic) bond motifs is 1. The predicted octanol–water partition coefficient (Wildman–Crippen LogP) is 2.78. The summed E-state index contributed by atoms with van der Waals surface area (Å²) >= 11 is 0. The number of anilines is 1. The third-order valence-corrected chi connectivity index (χ3v) is 2.06. The first-order valence-corrected chi connectivity index (χ1v) is 4.97. The fraction of sp³-hybridized carbons (Fsp3) is 0.400. The maximum Gasteiger partial charge on any atom is 0.121 e.